The Labute approximate surface area is 133 Å². The normalized spacial score (nSPS) is 11.6. The van der Waals surface area contributed by atoms with Gasteiger partial charge in [0.1, 0.15) is 6.04 Å². The van der Waals surface area contributed by atoms with E-state index in [2.05, 4.69) is 10.6 Å². The van der Waals surface area contributed by atoms with Crippen LogP contribution in [0.25, 0.3) is 0 Å². The molecule has 5 nitrogen and oxygen atoms in total. The van der Waals surface area contributed by atoms with E-state index in [0.29, 0.717) is 13.0 Å². The van der Waals surface area contributed by atoms with Gasteiger partial charge in [-0.3, -0.25) is 4.79 Å². The zero-order valence-electron chi connectivity index (χ0n) is 12.1. The van der Waals surface area contributed by atoms with Crippen molar-refractivity contribution in [3.63, 3.8) is 0 Å². The van der Waals surface area contributed by atoms with Gasteiger partial charge in [-0.05, 0) is 23.4 Å². The minimum atomic E-state index is -0.700. The van der Waals surface area contributed by atoms with Crippen LogP contribution in [-0.4, -0.2) is 24.5 Å². The molecule has 116 valence electrons. The largest absolute Gasteiger partial charge is 0.354 e. The van der Waals surface area contributed by atoms with E-state index in [1.807, 2.05) is 47.8 Å². The predicted octanol–water partition coefficient (Wildman–Crippen LogP) is 1.69. The zero-order chi connectivity index (χ0) is 15.8. The highest BCUT2D eigenvalue weighted by Crippen LogP contribution is 2.08. The first-order chi connectivity index (χ1) is 10.6. The minimum Gasteiger partial charge on any atom is -0.354 e. The Morgan fingerprint density at radius 1 is 1.14 bits per heavy atom. The van der Waals surface area contributed by atoms with Gasteiger partial charge in [-0.15, -0.1) is 11.3 Å². The molecule has 1 unspecified atom stereocenters. The van der Waals surface area contributed by atoms with Crippen molar-refractivity contribution in [1.82, 2.24) is 10.6 Å². The van der Waals surface area contributed by atoms with E-state index in [9.17, 15) is 9.59 Å². The molecule has 22 heavy (non-hydrogen) atoms. The average Bonchev–Trinajstić information content (AvgIpc) is 3.00. The third-order valence-electron chi connectivity index (χ3n) is 3.17. The Balaban J connectivity index is 1.89. The van der Waals surface area contributed by atoms with E-state index in [0.717, 1.165) is 12.0 Å². The Morgan fingerprint density at radius 3 is 2.55 bits per heavy atom. The minimum absolute atomic E-state index is 0.223. The van der Waals surface area contributed by atoms with Crippen molar-refractivity contribution < 1.29 is 9.59 Å². The van der Waals surface area contributed by atoms with Crippen molar-refractivity contribution >= 4 is 23.3 Å². The van der Waals surface area contributed by atoms with Crippen LogP contribution in [0.3, 0.4) is 0 Å². The summed E-state index contributed by atoms with van der Waals surface area (Å²) in [4.78, 5) is 24.5. The summed E-state index contributed by atoms with van der Waals surface area (Å²) in [6.07, 6.45) is 1.19. The highest BCUT2D eigenvalue weighted by atomic mass is 32.1. The number of primary amides is 1. The molecule has 0 radical (unpaired) electrons. The molecule has 2 aromatic rings. The predicted molar refractivity (Wildman–Crippen MR) is 87.7 cm³/mol. The van der Waals surface area contributed by atoms with Gasteiger partial charge in [0.15, 0.2) is 0 Å². The van der Waals surface area contributed by atoms with Gasteiger partial charge in [-0.2, -0.15) is 0 Å². The molecule has 0 saturated heterocycles. The summed E-state index contributed by atoms with van der Waals surface area (Å²) >= 11 is 1.66. The number of hydrogen-bond acceptors (Lipinski definition) is 3. The van der Waals surface area contributed by atoms with E-state index in [1.165, 1.54) is 4.88 Å². The van der Waals surface area contributed by atoms with Gasteiger partial charge in [0.25, 0.3) is 0 Å². The standard InChI is InChI=1S/C16H19N3O2S/c17-16(21)19-14(11-12-5-2-1-3-6-12)15(20)18-9-8-13-7-4-10-22-13/h1-7,10,14H,8-9,11H2,(H,18,20)(H3,17,19,21). The van der Waals surface area contributed by atoms with Crippen LogP contribution in [0.15, 0.2) is 47.8 Å². The van der Waals surface area contributed by atoms with E-state index < -0.39 is 12.1 Å². The molecule has 1 heterocycles. The molecule has 0 spiro atoms. The fourth-order valence-corrected chi connectivity index (χ4v) is 2.83. The molecule has 0 aliphatic carbocycles. The summed E-state index contributed by atoms with van der Waals surface area (Å²) in [7, 11) is 0. The van der Waals surface area contributed by atoms with Crippen molar-refractivity contribution in [3.8, 4) is 0 Å². The molecule has 3 amide bonds. The van der Waals surface area contributed by atoms with E-state index >= 15 is 0 Å². The molecule has 0 saturated carbocycles. The number of urea groups is 1. The number of carbonyl (C=O) groups is 2. The third kappa shape index (κ3) is 5.21. The quantitative estimate of drug-likeness (QED) is 0.726. The maximum atomic E-state index is 12.2. The first-order valence-electron chi connectivity index (χ1n) is 7.05. The van der Waals surface area contributed by atoms with Gasteiger partial charge < -0.3 is 16.4 Å². The van der Waals surface area contributed by atoms with Crippen LogP contribution in [-0.2, 0) is 17.6 Å². The highest BCUT2D eigenvalue weighted by molar-refractivity contribution is 7.09. The van der Waals surface area contributed by atoms with Crippen molar-refractivity contribution in [2.75, 3.05) is 6.54 Å². The monoisotopic (exact) mass is 317 g/mol. The summed E-state index contributed by atoms with van der Waals surface area (Å²) in [6.45, 7) is 0.533. The fraction of sp³-hybridized carbons (Fsp3) is 0.250. The molecule has 0 aliphatic rings. The number of carbonyl (C=O) groups excluding carboxylic acids is 2. The van der Waals surface area contributed by atoms with Gasteiger partial charge in [0.2, 0.25) is 5.91 Å². The second-order valence-electron chi connectivity index (χ2n) is 4.87. The summed E-state index contributed by atoms with van der Waals surface area (Å²) in [5.41, 5.74) is 6.13. The maximum absolute atomic E-state index is 12.2. The van der Waals surface area contributed by atoms with E-state index in [1.54, 1.807) is 11.3 Å². The van der Waals surface area contributed by atoms with Crippen LogP contribution in [0.2, 0.25) is 0 Å². The summed E-state index contributed by atoms with van der Waals surface area (Å²) in [5.74, 6) is -0.223. The maximum Gasteiger partial charge on any atom is 0.312 e. The first kappa shape index (κ1) is 16.0. The van der Waals surface area contributed by atoms with E-state index in [4.69, 9.17) is 5.73 Å². The topological polar surface area (TPSA) is 84.2 Å². The van der Waals surface area contributed by atoms with E-state index in [-0.39, 0.29) is 5.91 Å². The Bertz CT molecular complexity index is 599. The Morgan fingerprint density at radius 2 is 1.91 bits per heavy atom. The van der Waals surface area contributed by atoms with Gasteiger partial charge in [0.05, 0.1) is 0 Å². The van der Waals surface area contributed by atoms with Crippen molar-refractivity contribution in [2.45, 2.75) is 18.9 Å². The van der Waals surface area contributed by atoms with Crippen LogP contribution >= 0.6 is 11.3 Å². The molecular weight excluding hydrogens is 298 g/mol. The molecular formula is C16H19N3O2S. The summed E-state index contributed by atoms with van der Waals surface area (Å²) < 4.78 is 0. The summed E-state index contributed by atoms with van der Waals surface area (Å²) in [5, 5.41) is 7.35. The summed E-state index contributed by atoms with van der Waals surface area (Å²) in [6, 6.07) is 12.2. The van der Waals surface area contributed by atoms with Gasteiger partial charge >= 0.3 is 6.03 Å². The number of nitrogens with one attached hydrogen (secondary N) is 2. The fourth-order valence-electron chi connectivity index (χ4n) is 2.12. The van der Waals surface area contributed by atoms with Crippen LogP contribution in [0.1, 0.15) is 10.4 Å². The Kier molecular flexibility index (Phi) is 5.97. The number of hydrogen-bond donors (Lipinski definition) is 3. The molecule has 4 N–H and O–H groups in total. The van der Waals surface area contributed by atoms with Gasteiger partial charge in [-0.1, -0.05) is 36.4 Å². The van der Waals surface area contributed by atoms with Crippen LogP contribution in [0.5, 0.6) is 0 Å². The highest BCUT2D eigenvalue weighted by Gasteiger charge is 2.19. The van der Waals surface area contributed by atoms with Crippen molar-refractivity contribution in [1.29, 1.82) is 0 Å². The third-order valence-corrected chi connectivity index (χ3v) is 4.10. The molecule has 0 aliphatic heterocycles. The number of rotatable bonds is 7. The zero-order valence-corrected chi connectivity index (χ0v) is 12.9. The lowest BCUT2D eigenvalue weighted by atomic mass is 10.1. The second-order valence-corrected chi connectivity index (χ2v) is 5.90. The smallest absolute Gasteiger partial charge is 0.312 e. The number of amides is 3. The second kappa shape index (κ2) is 8.19. The molecule has 1 atom stereocenters. The van der Waals surface area contributed by atoms with Gasteiger partial charge in [0, 0.05) is 17.8 Å². The molecule has 0 bridgehead atoms. The lowest BCUT2D eigenvalue weighted by Crippen LogP contribution is -2.50. The lowest BCUT2D eigenvalue weighted by molar-refractivity contribution is -0.122. The molecule has 0 fully saturated rings. The van der Waals surface area contributed by atoms with Gasteiger partial charge in [-0.25, -0.2) is 4.79 Å². The molecule has 1 aromatic carbocycles. The lowest BCUT2D eigenvalue weighted by Gasteiger charge is -2.17. The number of nitrogens with two attached hydrogens (primary N) is 1. The van der Waals surface area contributed by atoms with Crippen molar-refractivity contribution in [2.24, 2.45) is 5.73 Å². The Hall–Kier alpha value is -2.34. The molecule has 6 heteroatoms. The number of benzene rings is 1. The van der Waals surface area contributed by atoms with Crippen LogP contribution in [0.4, 0.5) is 4.79 Å². The number of thiophene rings is 1. The molecule has 1 aromatic heterocycles. The van der Waals surface area contributed by atoms with Crippen LogP contribution in [0, 0.1) is 0 Å². The SMILES string of the molecule is NC(=O)NC(Cc1ccccc1)C(=O)NCCc1cccs1. The van der Waals surface area contributed by atoms with Crippen LogP contribution < -0.4 is 16.4 Å². The van der Waals surface area contributed by atoms with Crippen molar-refractivity contribution in [3.05, 3.63) is 58.3 Å². The average molecular weight is 317 g/mol. The first-order valence-corrected chi connectivity index (χ1v) is 7.93. The molecule has 2 rings (SSSR count).